The fourth-order valence-electron chi connectivity index (χ4n) is 1.54. The number of nitrogen functional groups attached to an aromatic ring is 1. The van der Waals surface area contributed by atoms with Crippen LogP contribution in [-0.4, -0.2) is 4.98 Å². The maximum Gasteiger partial charge on any atom is 0.128 e. The van der Waals surface area contributed by atoms with Gasteiger partial charge in [-0.25, -0.2) is 9.37 Å². The van der Waals surface area contributed by atoms with Gasteiger partial charge in [0.25, 0.3) is 0 Å². The highest BCUT2D eigenvalue weighted by molar-refractivity contribution is 5.45. The molecule has 3 nitrogen and oxygen atoms in total. The first kappa shape index (κ1) is 10.6. The number of pyridine rings is 1. The Kier molecular flexibility index (Phi) is 2.83. The SMILES string of the molecule is Nc1ncccc1C(N)c1ccc(F)cc1. The van der Waals surface area contributed by atoms with Crippen LogP contribution in [0.25, 0.3) is 0 Å². The lowest BCUT2D eigenvalue weighted by Crippen LogP contribution is -2.14. The van der Waals surface area contributed by atoms with Crippen molar-refractivity contribution in [1.82, 2.24) is 4.98 Å². The molecule has 1 aromatic carbocycles. The van der Waals surface area contributed by atoms with E-state index in [1.165, 1.54) is 12.1 Å². The standard InChI is InChI=1S/C12H12FN3/c13-9-5-3-8(4-6-9)11(14)10-2-1-7-16-12(10)15/h1-7,11H,14H2,(H2,15,16). The van der Waals surface area contributed by atoms with Crippen LogP contribution in [0.3, 0.4) is 0 Å². The van der Waals surface area contributed by atoms with E-state index in [9.17, 15) is 4.39 Å². The minimum Gasteiger partial charge on any atom is -0.383 e. The van der Waals surface area contributed by atoms with Crippen LogP contribution in [0.2, 0.25) is 0 Å². The van der Waals surface area contributed by atoms with Gasteiger partial charge in [-0.1, -0.05) is 18.2 Å². The van der Waals surface area contributed by atoms with Crippen molar-refractivity contribution in [1.29, 1.82) is 0 Å². The van der Waals surface area contributed by atoms with Crippen molar-refractivity contribution in [2.24, 2.45) is 5.73 Å². The van der Waals surface area contributed by atoms with E-state index in [4.69, 9.17) is 11.5 Å². The lowest BCUT2D eigenvalue weighted by Gasteiger charge is -2.13. The van der Waals surface area contributed by atoms with Crippen LogP contribution in [0.1, 0.15) is 17.2 Å². The summed E-state index contributed by atoms with van der Waals surface area (Å²) in [6.45, 7) is 0. The Morgan fingerprint density at radius 3 is 2.44 bits per heavy atom. The molecule has 1 unspecified atom stereocenters. The summed E-state index contributed by atoms with van der Waals surface area (Å²) in [4.78, 5) is 3.97. The summed E-state index contributed by atoms with van der Waals surface area (Å²) in [6.07, 6.45) is 1.61. The largest absolute Gasteiger partial charge is 0.383 e. The minimum absolute atomic E-state index is 0.282. The molecule has 2 rings (SSSR count). The topological polar surface area (TPSA) is 64.9 Å². The van der Waals surface area contributed by atoms with Crippen LogP contribution in [0.5, 0.6) is 0 Å². The zero-order chi connectivity index (χ0) is 11.5. The van der Waals surface area contributed by atoms with Gasteiger partial charge < -0.3 is 11.5 Å². The van der Waals surface area contributed by atoms with E-state index in [0.29, 0.717) is 5.82 Å². The van der Waals surface area contributed by atoms with Crippen LogP contribution in [0, 0.1) is 5.82 Å². The number of nitrogens with zero attached hydrogens (tertiary/aromatic N) is 1. The summed E-state index contributed by atoms with van der Waals surface area (Å²) in [7, 11) is 0. The van der Waals surface area contributed by atoms with Crippen molar-refractivity contribution < 1.29 is 4.39 Å². The zero-order valence-electron chi connectivity index (χ0n) is 8.60. The van der Waals surface area contributed by atoms with Crippen molar-refractivity contribution in [2.75, 3.05) is 5.73 Å². The first-order chi connectivity index (χ1) is 7.68. The van der Waals surface area contributed by atoms with Crippen LogP contribution in [0.4, 0.5) is 10.2 Å². The average molecular weight is 217 g/mol. The molecular weight excluding hydrogens is 205 g/mol. The van der Waals surface area contributed by atoms with Gasteiger partial charge >= 0.3 is 0 Å². The van der Waals surface area contributed by atoms with Gasteiger partial charge in [0.1, 0.15) is 11.6 Å². The molecule has 0 fully saturated rings. The highest BCUT2D eigenvalue weighted by Gasteiger charge is 2.11. The van der Waals surface area contributed by atoms with Crippen molar-refractivity contribution in [3.63, 3.8) is 0 Å². The molecule has 0 aliphatic rings. The third kappa shape index (κ3) is 2.01. The van der Waals surface area contributed by atoms with Crippen LogP contribution >= 0.6 is 0 Å². The monoisotopic (exact) mass is 217 g/mol. The van der Waals surface area contributed by atoms with Gasteiger partial charge in [-0.15, -0.1) is 0 Å². The maximum atomic E-state index is 12.8. The Bertz CT molecular complexity index is 482. The predicted molar refractivity (Wildman–Crippen MR) is 61.1 cm³/mol. The molecule has 0 bridgehead atoms. The molecule has 0 spiro atoms. The van der Waals surface area contributed by atoms with Crippen molar-refractivity contribution in [3.8, 4) is 0 Å². The summed E-state index contributed by atoms with van der Waals surface area (Å²) < 4.78 is 12.8. The summed E-state index contributed by atoms with van der Waals surface area (Å²) in [5.41, 5.74) is 13.3. The number of rotatable bonds is 2. The number of benzene rings is 1. The van der Waals surface area contributed by atoms with Crippen LogP contribution < -0.4 is 11.5 Å². The molecule has 0 aliphatic carbocycles. The Labute approximate surface area is 92.9 Å². The van der Waals surface area contributed by atoms with Crippen LogP contribution in [0.15, 0.2) is 42.6 Å². The third-order valence-electron chi connectivity index (χ3n) is 2.44. The quantitative estimate of drug-likeness (QED) is 0.806. The van der Waals surface area contributed by atoms with Crippen molar-refractivity contribution >= 4 is 5.82 Å². The smallest absolute Gasteiger partial charge is 0.128 e. The number of anilines is 1. The van der Waals surface area contributed by atoms with E-state index in [-0.39, 0.29) is 11.9 Å². The Balaban J connectivity index is 2.35. The third-order valence-corrected chi connectivity index (χ3v) is 2.44. The Morgan fingerprint density at radius 2 is 1.81 bits per heavy atom. The Hall–Kier alpha value is -1.94. The molecule has 0 aliphatic heterocycles. The number of hydrogen-bond donors (Lipinski definition) is 2. The maximum absolute atomic E-state index is 12.8. The molecule has 0 amide bonds. The van der Waals surface area contributed by atoms with Gasteiger partial charge in [0.05, 0.1) is 6.04 Å². The molecule has 16 heavy (non-hydrogen) atoms. The second-order valence-electron chi connectivity index (χ2n) is 3.51. The summed E-state index contributed by atoms with van der Waals surface area (Å²) >= 11 is 0. The predicted octanol–water partition coefficient (Wildman–Crippen LogP) is 1.85. The number of halogens is 1. The van der Waals surface area contributed by atoms with E-state index >= 15 is 0 Å². The molecule has 4 N–H and O–H groups in total. The molecule has 4 heteroatoms. The van der Waals surface area contributed by atoms with Gasteiger partial charge in [0, 0.05) is 11.8 Å². The van der Waals surface area contributed by atoms with Gasteiger partial charge in [-0.05, 0) is 23.8 Å². The molecule has 82 valence electrons. The molecule has 1 atom stereocenters. The summed E-state index contributed by atoms with van der Waals surface area (Å²) in [5, 5.41) is 0. The zero-order valence-corrected chi connectivity index (χ0v) is 8.60. The first-order valence-electron chi connectivity index (χ1n) is 4.90. The molecule has 0 saturated carbocycles. The van der Waals surface area contributed by atoms with Crippen LogP contribution in [-0.2, 0) is 0 Å². The van der Waals surface area contributed by atoms with E-state index in [1.807, 2.05) is 6.07 Å². The second kappa shape index (κ2) is 4.28. The molecule has 2 aromatic rings. The van der Waals surface area contributed by atoms with Crippen molar-refractivity contribution in [2.45, 2.75) is 6.04 Å². The summed E-state index contributed by atoms with van der Waals surface area (Å²) in [6, 6.07) is 9.25. The fraction of sp³-hybridized carbons (Fsp3) is 0.0833. The van der Waals surface area contributed by atoms with Gasteiger partial charge in [-0.2, -0.15) is 0 Å². The highest BCUT2D eigenvalue weighted by atomic mass is 19.1. The average Bonchev–Trinajstić information content (AvgIpc) is 2.30. The molecule has 1 aromatic heterocycles. The van der Waals surface area contributed by atoms with Crippen molar-refractivity contribution in [3.05, 3.63) is 59.5 Å². The Morgan fingerprint density at radius 1 is 1.12 bits per heavy atom. The fourth-order valence-corrected chi connectivity index (χ4v) is 1.54. The number of hydrogen-bond acceptors (Lipinski definition) is 3. The molecule has 0 radical (unpaired) electrons. The normalized spacial score (nSPS) is 12.4. The highest BCUT2D eigenvalue weighted by Crippen LogP contribution is 2.22. The van der Waals surface area contributed by atoms with Gasteiger partial charge in [-0.3, -0.25) is 0 Å². The minimum atomic E-state index is -0.380. The molecule has 1 heterocycles. The van der Waals surface area contributed by atoms with E-state index in [2.05, 4.69) is 4.98 Å². The van der Waals surface area contributed by atoms with E-state index in [0.717, 1.165) is 11.1 Å². The van der Waals surface area contributed by atoms with Gasteiger partial charge in [0.2, 0.25) is 0 Å². The van der Waals surface area contributed by atoms with Gasteiger partial charge in [0.15, 0.2) is 0 Å². The van der Waals surface area contributed by atoms with E-state index < -0.39 is 0 Å². The molecular formula is C12H12FN3. The second-order valence-corrected chi connectivity index (χ2v) is 3.51. The molecule has 0 saturated heterocycles. The van der Waals surface area contributed by atoms with E-state index in [1.54, 1.807) is 24.4 Å². The summed E-state index contributed by atoms with van der Waals surface area (Å²) in [5.74, 6) is 0.120. The number of nitrogens with two attached hydrogens (primary N) is 2. The lowest BCUT2D eigenvalue weighted by molar-refractivity contribution is 0.626. The lowest BCUT2D eigenvalue weighted by atomic mass is 10.0. The first-order valence-corrected chi connectivity index (χ1v) is 4.90. The number of aromatic nitrogens is 1.